The largest absolute Gasteiger partial charge is 0.456 e. The van der Waals surface area contributed by atoms with E-state index >= 15 is 0 Å². The second-order valence-electron chi connectivity index (χ2n) is 10.6. The number of thiophene rings is 1. The molecule has 41 heavy (non-hydrogen) atoms. The van der Waals surface area contributed by atoms with Crippen molar-refractivity contribution in [3.05, 3.63) is 132 Å². The van der Waals surface area contributed by atoms with Crippen LogP contribution in [0, 0.1) is 0 Å². The zero-order valence-corrected chi connectivity index (χ0v) is 23.4. The molecular weight excluding hydrogens is 540 g/mol. The fraction of sp³-hybridized carbons (Fsp3) is 0. The minimum Gasteiger partial charge on any atom is -0.456 e. The van der Waals surface area contributed by atoms with Gasteiger partial charge < -0.3 is 4.42 Å². The Labute approximate surface area is 244 Å². The highest BCUT2D eigenvalue weighted by Gasteiger charge is 2.18. The van der Waals surface area contributed by atoms with E-state index in [4.69, 9.17) is 16.0 Å². The van der Waals surface area contributed by atoms with Crippen molar-refractivity contribution in [2.75, 3.05) is 0 Å². The molecule has 7 aromatic carbocycles. The van der Waals surface area contributed by atoms with E-state index in [1.165, 1.54) is 64.0 Å². The van der Waals surface area contributed by atoms with Gasteiger partial charge in [0, 0.05) is 36.0 Å². The van der Waals surface area contributed by atoms with Crippen molar-refractivity contribution < 1.29 is 4.42 Å². The lowest BCUT2D eigenvalue weighted by Gasteiger charge is -2.18. The van der Waals surface area contributed by atoms with Gasteiger partial charge in [-0.15, -0.1) is 11.3 Å². The fourth-order valence-electron chi connectivity index (χ4n) is 6.54. The molecule has 0 aliphatic heterocycles. The highest BCUT2D eigenvalue weighted by atomic mass is 35.5. The Balaban J connectivity index is 1.36. The fourth-order valence-corrected chi connectivity index (χ4v) is 7.85. The van der Waals surface area contributed by atoms with E-state index in [2.05, 4.69) is 109 Å². The Kier molecular flexibility index (Phi) is 4.89. The smallest absolute Gasteiger partial charge is 0.135 e. The quantitative estimate of drug-likeness (QED) is 0.192. The van der Waals surface area contributed by atoms with E-state index in [0.29, 0.717) is 5.02 Å². The summed E-state index contributed by atoms with van der Waals surface area (Å²) in [6.07, 6.45) is 0. The standard InChI is InChI=1S/C38H21ClOS/c39-24-15-18-34-32(21-24)31-19-22(14-17-33(31)40-34)37-27-8-1-3-10-29(27)38(30-11-4-2-9-28(30)37)23-13-16-26-25-7-5-6-12-35(25)41-36(26)20-23/h1-21H. The van der Waals surface area contributed by atoms with Crippen LogP contribution < -0.4 is 0 Å². The summed E-state index contributed by atoms with van der Waals surface area (Å²) in [5.41, 5.74) is 6.64. The van der Waals surface area contributed by atoms with Gasteiger partial charge in [-0.25, -0.2) is 0 Å². The Morgan fingerprint density at radius 2 is 0.927 bits per heavy atom. The second kappa shape index (κ2) is 8.68. The molecule has 0 fully saturated rings. The van der Waals surface area contributed by atoms with Crippen molar-refractivity contribution in [3.8, 4) is 22.3 Å². The molecule has 2 heterocycles. The molecule has 0 N–H and O–H groups in total. The van der Waals surface area contributed by atoms with E-state index in [0.717, 1.165) is 21.9 Å². The zero-order valence-electron chi connectivity index (χ0n) is 21.8. The third-order valence-corrected chi connectivity index (χ3v) is 9.69. The van der Waals surface area contributed by atoms with Crippen LogP contribution in [0.25, 0.3) is 85.9 Å². The molecule has 0 spiro atoms. The van der Waals surface area contributed by atoms with E-state index < -0.39 is 0 Å². The molecule has 0 unspecified atom stereocenters. The van der Waals surface area contributed by atoms with Crippen LogP contribution in [0.4, 0.5) is 0 Å². The average Bonchev–Trinajstić information content (AvgIpc) is 3.56. The lowest BCUT2D eigenvalue weighted by atomic mass is 9.85. The molecule has 0 amide bonds. The SMILES string of the molecule is Clc1ccc2oc3ccc(-c4c5ccccc5c(-c5ccc6c(c5)sc5ccccc56)c5ccccc45)cc3c2c1. The van der Waals surface area contributed by atoms with Crippen molar-refractivity contribution >= 4 is 86.6 Å². The highest BCUT2D eigenvalue weighted by Crippen LogP contribution is 2.46. The van der Waals surface area contributed by atoms with Gasteiger partial charge in [0.15, 0.2) is 0 Å². The predicted molar refractivity (Wildman–Crippen MR) is 178 cm³/mol. The summed E-state index contributed by atoms with van der Waals surface area (Å²) < 4.78 is 8.79. The lowest BCUT2D eigenvalue weighted by molar-refractivity contribution is 0.669. The third kappa shape index (κ3) is 3.42. The van der Waals surface area contributed by atoms with Gasteiger partial charge in [0.25, 0.3) is 0 Å². The van der Waals surface area contributed by atoms with Gasteiger partial charge in [0.2, 0.25) is 0 Å². The summed E-state index contributed by atoms with van der Waals surface area (Å²) in [7, 11) is 0. The molecule has 0 saturated heterocycles. The van der Waals surface area contributed by atoms with E-state index in [-0.39, 0.29) is 0 Å². The summed E-state index contributed by atoms with van der Waals surface area (Å²) >= 11 is 8.25. The number of fused-ring (bicyclic) bond motifs is 8. The molecule has 192 valence electrons. The van der Waals surface area contributed by atoms with E-state index in [1.54, 1.807) is 0 Å². The first-order valence-electron chi connectivity index (χ1n) is 13.7. The van der Waals surface area contributed by atoms with Crippen molar-refractivity contribution in [2.45, 2.75) is 0 Å². The van der Waals surface area contributed by atoms with Crippen LogP contribution >= 0.6 is 22.9 Å². The molecule has 9 aromatic rings. The maximum absolute atomic E-state index is 6.38. The second-order valence-corrected chi connectivity index (χ2v) is 12.1. The molecule has 0 aliphatic rings. The monoisotopic (exact) mass is 560 g/mol. The van der Waals surface area contributed by atoms with Gasteiger partial charge in [-0.3, -0.25) is 0 Å². The summed E-state index contributed by atoms with van der Waals surface area (Å²) in [4.78, 5) is 0. The number of hydrogen-bond acceptors (Lipinski definition) is 2. The van der Waals surface area contributed by atoms with Crippen molar-refractivity contribution in [1.82, 2.24) is 0 Å². The summed E-state index contributed by atoms with van der Waals surface area (Å²) in [5.74, 6) is 0. The first-order valence-corrected chi connectivity index (χ1v) is 14.9. The van der Waals surface area contributed by atoms with Gasteiger partial charge in [-0.05, 0) is 86.3 Å². The molecule has 0 aliphatic carbocycles. The number of benzene rings is 7. The van der Waals surface area contributed by atoms with Crippen LogP contribution in [0.1, 0.15) is 0 Å². The number of rotatable bonds is 2. The molecule has 0 radical (unpaired) electrons. The molecule has 1 nitrogen and oxygen atoms in total. The molecular formula is C38H21ClOS. The molecule has 3 heteroatoms. The Bertz CT molecular complexity index is 2440. The molecule has 2 aromatic heterocycles. The average molecular weight is 561 g/mol. The first-order chi connectivity index (χ1) is 20.2. The molecule has 9 rings (SSSR count). The highest BCUT2D eigenvalue weighted by molar-refractivity contribution is 7.25. The minimum atomic E-state index is 0.710. The predicted octanol–water partition coefficient (Wildman–Crippen LogP) is 12.2. The van der Waals surface area contributed by atoms with Gasteiger partial charge >= 0.3 is 0 Å². The number of halogens is 1. The van der Waals surface area contributed by atoms with Gasteiger partial charge in [0.05, 0.1) is 0 Å². The molecule has 0 atom stereocenters. The zero-order chi connectivity index (χ0) is 27.1. The Morgan fingerprint density at radius 3 is 1.61 bits per heavy atom. The van der Waals surface area contributed by atoms with Gasteiger partial charge in [-0.2, -0.15) is 0 Å². The normalized spacial score (nSPS) is 12.0. The minimum absolute atomic E-state index is 0.710. The summed E-state index contributed by atoms with van der Waals surface area (Å²) in [5, 5.41) is 10.5. The van der Waals surface area contributed by atoms with Gasteiger partial charge in [0.1, 0.15) is 11.2 Å². The van der Waals surface area contributed by atoms with Crippen LogP contribution in [-0.2, 0) is 0 Å². The number of furan rings is 1. The first kappa shape index (κ1) is 23.1. The van der Waals surface area contributed by atoms with E-state index in [1.807, 2.05) is 29.5 Å². The lowest BCUT2D eigenvalue weighted by Crippen LogP contribution is -1.90. The summed E-state index contributed by atoms with van der Waals surface area (Å²) in [6.45, 7) is 0. The van der Waals surface area contributed by atoms with Crippen molar-refractivity contribution in [1.29, 1.82) is 0 Å². The Morgan fingerprint density at radius 1 is 0.415 bits per heavy atom. The van der Waals surface area contributed by atoms with Crippen LogP contribution in [0.2, 0.25) is 5.02 Å². The summed E-state index contributed by atoms with van der Waals surface area (Å²) in [6, 6.07) is 45.6. The van der Waals surface area contributed by atoms with Gasteiger partial charge in [-0.1, -0.05) is 96.5 Å². The third-order valence-electron chi connectivity index (χ3n) is 8.32. The van der Waals surface area contributed by atoms with Crippen molar-refractivity contribution in [2.24, 2.45) is 0 Å². The van der Waals surface area contributed by atoms with Crippen LogP contribution in [0.3, 0.4) is 0 Å². The van der Waals surface area contributed by atoms with Crippen molar-refractivity contribution in [3.63, 3.8) is 0 Å². The van der Waals surface area contributed by atoms with Crippen LogP contribution in [0.15, 0.2) is 132 Å². The topological polar surface area (TPSA) is 13.1 Å². The maximum Gasteiger partial charge on any atom is 0.135 e. The van der Waals surface area contributed by atoms with E-state index in [9.17, 15) is 0 Å². The molecule has 0 bridgehead atoms. The maximum atomic E-state index is 6.38. The van der Waals surface area contributed by atoms with Crippen LogP contribution in [-0.4, -0.2) is 0 Å². The van der Waals surface area contributed by atoms with Crippen LogP contribution in [0.5, 0.6) is 0 Å². The Hall–Kier alpha value is -4.63. The number of hydrogen-bond donors (Lipinski definition) is 0. The molecule has 0 saturated carbocycles.